The van der Waals surface area contributed by atoms with Gasteiger partial charge in [-0.05, 0) is 30.7 Å². The summed E-state index contributed by atoms with van der Waals surface area (Å²) >= 11 is 0. The smallest absolute Gasteiger partial charge is 0.251 e. The first kappa shape index (κ1) is 18.5. The molecule has 1 aromatic carbocycles. The molecule has 0 unspecified atom stereocenters. The van der Waals surface area contributed by atoms with Crippen LogP contribution in [0.4, 0.5) is 0 Å². The first-order valence-corrected chi connectivity index (χ1v) is 8.54. The van der Waals surface area contributed by atoms with E-state index in [1.807, 2.05) is 28.8 Å². The van der Waals surface area contributed by atoms with Gasteiger partial charge in [-0.3, -0.25) is 9.20 Å². The van der Waals surface area contributed by atoms with Crippen LogP contribution < -0.4 is 19.5 Å². The van der Waals surface area contributed by atoms with Gasteiger partial charge in [0.2, 0.25) is 5.75 Å². The van der Waals surface area contributed by atoms with Crippen LogP contribution in [0.25, 0.3) is 5.65 Å². The van der Waals surface area contributed by atoms with Gasteiger partial charge < -0.3 is 19.5 Å². The van der Waals surface area contributed by atoms with Gasteiger partial charge in [-0.1, -0.05) is 6.07 Å². The highest BCUT2D eigenvalue weighted by molar-refractivity contribution is 5.95. The summed E-state index contributed by atoms with van der Waals surface area (Å²) < 4.78 is 17.8. The third-order valence-electron chi connectivity index (χ3n) is 4.17. The number of pyridine rings is 1. The van der Waals surface area contributed by atoms with Gasteiger partial charge in [0, 0.05) is 24.7 Å². The van der Waals surface area contributed by atoms with E-state index in [2.05, 4.69) is 15.5 Å². The molecule has 2 heterocycles. The monoisotopic (exact) mass is 370 g/mol. The number of nitrogens with zero attached hydrogens (tertiary/aromatic N) is 3. The Kier molecular flexibility index (Phi) is 5.75. The number of hydrogen-bond acceptors (Lipinski definition) is 6. The van der Waals surface area contributed by atoms with Crippen molar-refractivity contribution in [3.63, 3.8) is 0 Å². The molecule has 0 spiro atoms. The maximum absolute atomic E-state index is 12.5. The maximum Gasteiger partial charge on any atom is 0.251 e. The van der Waals surface area contributed by atoms with Crippen LogP contribution >= 0.6 is 0 Å². The molecule has 0 atom stereocenters. The fraction of sp³-hybridized carbons (Fsp3) is 0.316. The van der Waals surface area contributed by atoms with Gasteiger partial charge in [0.05, 0.1) is 21.3 Å². The largest absolute Gasteiger partial charge is 0.493 e. The van der Waals surface area contributed by atoms with E-state index in [4.69, 9.17) is 14.2 Å². The summed E-state index contributed by atoms with van der Waals surface area (Å²) in [6, 6.07) is 9.02. The number of aryl methyl sites for hydroxylation is 1. The van der Waals surface area contributed by atoms with E-state index in [1.165, 1.54) is 21.3 Å². The topological polar surface area (TPSA) is 87.0 Å². The van der Waals surface area contributed by atoms with E-state index in [1.54, 1.807) is 12.1 Å². The van der Waals surface area contributed by atoms with Crippen LogP contribution in [0.1, 0.15) is 22.6 Å². The number of carbonyl (C=O) groups excluding carboxylic acids is 1. The second-order valence-corrected chi connectivity index (χ2v) is 5.82. The Morgan fingerprint density at radius 2 is 1.81 bits per heavy atom. The van der Waals surface area contributed by atoms with E-state index in [0.29, 0.717) is 35.8 Å². The summed E-state index contributed by atoms with van der Waals surface area (Å²) in [4.78, 5) is 12.5. The molecule has 0 bridgehead atoms. The molecule has 142 valence electrons. The Labute approximate surface area is 157 Å². The van der Waals surface area contributed by atoms with Gasteiger partial charge >= 0.3 is 0 Å². The summed E-state index contributed by atoms with van der Waals surface area (Å²) in [5.41, 5.74) is 1.26. The zero-order valence-corrected chi connectivity index (χ0v) is 15.6. The Morgan fingerprint density at radius 1 is 1.07 bits per heavy atom. The summed E-state index contributed by atoms with van der Waals surface area (Å²) in [6.07, 6.45) is 3.38. The van der Waals surface area contributed by atoms with Crippen LogP contribution in [0.2, 0.25) is 0 Å². The van der Waals surface area contributed by atoms with Crippen LogP contribution in [0, 0.1) is 0 Å². The Hall–Kier alpha value is -3.29. The summed E-state index contributed by atoms with van der Waals surface area (Å²) in [5.74, 6) is 2.00. The molecule has 1 N–H and O–H groups in total. The Bertz CT molecular complexity index is 913. The standard InChI is InChI=1S/C19H22N4O4/c1-25-14-11-13(12-15(26-2)18(14)27-3)19(24)20-9-6-8-17-22-21-16-7-4-5-10-23(16)17/h4-5,7,10-12H,6,8-9H2,1-3H3,(H,20,24). The van der Waals surface area contributed by atoms with E-state index in [-0.39, 0.29) is 5.91 Å². The lowest BCUT2D eigenvalue weighted by Crippen LogP contribution is -2.25. The van der Waals surface area contributed by atoms with Crippen LogP contribution in [-0.4, -0.2) is 48.4 Å². The van der Waals surface area contributed by atoms with Crippen molar-refractivity contribution in [3.8, 4) is 17.2 Å². The highest BCUT2D eigenvalue weighted by Gasteiger charge is 2.16. The minimum absolute atomic E-state index is 0.208. The maximum atomic E-state index is 12.5. The second kappa shape index (κ2) is 8.39. The Balaban J connectivity index is 1.61. The molecule has 3 aromatic rings. The van der Waals surface area contributed by atoms with Gasteiger partial charge in [0.15, 0.2) is 17.1 Å². The first-order chi connectivity index (χ1) is 13.2. The predicted octanol–water partition coefficient (Wildman–Crippen LogP) is 2.12. The minimum Gasteiger partial charge on any atom is -0.493 e. The molecule has 0 aliphatic carbocycles. The van der Waals surface area contributed by atoms with Gasteiger partial charge in [-0.2, -0.15) is 0 Å². The van der Waals surface area contributed by atoms with Gasteiger partial charge in [-0.15, -0.1) is 10.2 Å². The number of benzene rings is 1. The molecule has 0 aliphatic rings. The van der Waals surface area contributed by atoms with E-state index in [0.717, 1.165) is 17.9 Å². The quantitative estimate of drug-likeness (QED) is 0.611. The van der Waals surface area contributed by atoms with Gasteiger partial charge in [0.1, 0.15) is 5.82 Å². The number of methoxy groups -OCH3 is 3. The number of hydrogen-bond donors (Lipinski definition) is 1. The minimum atomic E-state index is -0.208. The summed E-state index contributed by atoms with van der Waals surface area (Å²) in [7, 11) is 4.55. The third kappa shape index (κ3) is 3.94. The average Bonchev–Trinajstić information content (AvgIpc) is 3.12. The average molecular weight is 370 g/mol. The lowest BCUT2D eigenvalue weighted by atomic mass is 10.1. The molecule has 27 heavy (non-hydrogen) atoms. The van der Waals surface area contributed by atoms with Gasteiger partial charge in [0.25, 0.3) is 5.91 Å². The van der Waals surface area contributed by atoms with Crippen molar-refractivity contribution in [2.45, 2.75) is 12.8 Å². The number of amides is 1. The zero-order chi connectivity index (χ0) is 19.2. The van der Waals surface area contributed by atoms with Crippen LogP contribution in [0.5, 0.6) is 17.2 Å². The summed E-state index contributed by atoms with van der Waals surface area (Å²) in [6.45, 7) is 0.511. The summed E-state index contributed by atoms with van der Waals surface area (Å²) in [5, 5.41) is 11.2. The number of aromatic nitrogens is 3. The lowest BCUT2D eigenvalue weighted by molar-refractivity contribution is 0.0952. The molecule has 3 rings (SSSR count). The highest BCUT2D eigenvalue weighted by atomic mass is 16.5. The molecular formula is C19H22N4O4. The van der Waals surface area contributed by atoms with E-state index in [9.17, 15) is 4.79 Å². The second-order valence-electron chi connectivity index (χ2n) is 5.82. The van der Waals surface area contributed by atoms with Crippen molar-refractivity contribution in [1.82, 2.24) is 19.9 Å². The fourth-order valence-corrected chi connectivity index (χ4v) is 2.82. The predicted molar refractivity (Wildman–Crippen MR) is 99.7 cm³/mol. The third-order valence-corrected chi connectivity index (χ3v) is 4.17. The highest BCUT2D eigenvalue weighted by Crippen LogP contribution is 2.38. The molecule has 8 heteroatoms. The molecule has 8 nitrogen and oxygen atoms in total. The number of carbonyl (C=O) groups is 1. The lowest BCUT2D eigenvalue weighted by Gasteiger charge is -2.14. The van der Waals surface area contributed by atoms with E-state index >= 15 is 0 Å². The first-order valence-electron chi connectivity index (χ1n) is 8.54. The van der Waals surface area contributed by atoms with Crippen molar-refractivity contribution < 1.29 is 19.0 Å². The molecule has 0 saturated heterocycles. The molecular weight excluding hydrogens is 348 g/mol. The van der Waals surface area contributed by atoms with Crippen molar-refractivity contribution in [2.24, 2.45) is 0 Å². The molecule has 0 fully saturated rings. The van der Waals surface area contributed by atoms with Crippen molar-refractivity contribution in [1.29, 1.82) is 0 Å². The number of rotatable bonds is 8. The molecule has 0 radical (unpaired) electrons. The number of nitrogens with one attached hydrogen (secondary N) is 1. The van der Waals surface area contributed by atoms with Crippen molar-refractivity contribution >= 4 is 11.6 Å². The van der Waals surface area contributed by atoms with Crippen LogP contribution in [0.15, 0.2) is 36.5 Å². The van der Waals surface area contributed by atoms with Crippen molar-refractivity contribution in [2.75, 3.05) is 27.9 Å². The number of fused-ring (bicyclic) bond motifs is 1. The SMILES string of the molecule is COc1cc(C(=O)NCCCc2nnc3ccccn23)cc(OC)c1OC. The fourth-order valence-electron chi connectivity index (χ4n) is 2.82. The zero-order valence-electron chi connectivity index (χ0n) is 15.6. The number of ether oxygens (including phenoxy) is 3. The van der Waals surface area contributed by atoms with E-state index < -0.39 is 0 Å². The molecule has 0 saturated carbocycles. The molecule has 2 aromatic heterocycles. The normalized spacial score (nSPS) is 10.6. The van der Waals surface area contributed by atoms with Crippen molar-refractivity contribution in [3.05, 3.63) is 47.9 Å². The molecule has 0 aliphatic heterocycles. The molecule has 1 amide bonds. The van der Waals surface area contributed by atoms with Gasteiger partial charge in [-0.25, -0.2) is 0 Å². The Morgan fingerprint density at radius 3 is 2.48 bits per heavy atom. The van der Waals surface area contributed by atoms with Crippen LogP contribution in [0.3, 0.4) is 0 Å². The van der Waals surface area contributed by atoms with Crippen LogP contribution in [-0.2, 0) is 6.42 Å².